The first-order valence-corrected chi connectivity index (χ1v) is 7.45. The minimum absolute atomic E-state index is 0.0881. The Morgan fingerprint density at radius 2 is 1.95 bits per heavy atom. The maximum absolute atomic E-state index is 12.3. The van der Waals surface area contributed by atoms with Gasteiger partial charge in [-0.15, -0.1) is 0 Å². The monoisotopic (exact) mass is 328 g/mol. The van der Waals surface area contributed by atoms with Crippen LogP contribution >= 0.6 is 15.9 Å². The van der Waals surface area contributed by atoms with Crippen LogP contribution in [0, 0.1) is 0 Å². The predicted octanol–water partition coefficient (Wildman–Crippen LogP) is 3.33. The first-order valence-electron chi connectivity index (χ1n) is 6.66. The molecule has 0 bridgehead atoms. The van der Waals surface area contributed by atoms with E-state index in [1.165, 1.54) is 11.1 Å². The quantitative estimate of drug-likeness (QED) is 0.804. The van der Waals surface area contributed by atoms with Gasteiger partial charge in [0.25, 0.3) is 0 Å². The van der Waals surface area contributed by atoms with E-state index in [1.807, 2.05) is 18.2 Å². The van der Waals surface area contributed by atoms with E-state index >= 15 is 0 Å². The third-order valence-corrected chi connectivity index (χ3v) is 4.57. The predicted molar refractivity (Wildman–Crippen MR) is 82.9 cm³/mol. The molecule has 2 aliphatic rings. The van der Waals surface area contributed by atoms with Gasteiger partial charge in [-0.3, -0.25) is 4.79 Å². The van der Waals surface area contributed by atoms with Crippen LogP contribution in [-0.4, -0.2) is 11.9 Å². The molecule has 0 radical (unpaired) electrons. The van der Waals surface area contributed by atoms with E-state index in [4.69, 9.17) is 0 Å². The van der Waals surface area contributed by atoms with Crippen molar-refractivity contribution < 1.29 is 4.79 Å². The minimum atomic E-state index is -0.0985. The molecule has 2 aliphatic heterocycles. The van der Waals surface area contributed by atoms with Crippen molar-refractivity contribution in [3.8, 4) is 0 Å². The summed E-state index contributed by atoms with van der Waals surface area (Å²) in [5.74, 6) is 0.0881. The summed E-state index contributed by atoms with van der Waals surface area (Å²) in [6.07, 6.45) is 0.775. The molecule has 1 N–H and O–H groups in total. The highest BCUT2D eigenvalue weighted by Crippen LogP contribution is 2.38. The lowest BCUT2D eigenvalue weighted by Gasteiger charge is -2.41. The Bertz CT molecular complexity index is 713. The zero-order chi connectivity index (χ0) is 13.7. The summed E-state index contributed by atoms with van der Waals surface area (Å²) in [5, 5.41) is 3.02. The van der Waals surface area contributed by atoms with Gasteiger partial charge in [-0.1, -0.05) is 40.2 Å². The van der Waals surface area contributed by atoms with E-state index in [0.29, 0.717) is 0 Å². The summed E-state index contributed by atoms with van der Waals surface area (Å²) in [6, 6.07) is 14.3. The molecule has 1 atom stereocenters. The zero-order valence-electron chi connectivity index (χ0n) is 10.8. The Kier molecular flexibility index (Phi) is 2.60. The lowest BCUT2D eigenvalue weighted by Crippen LogP contribution is -2.51. The van der Waals surface area contributed by atoms with E-state index in [9.17, 15) is 4.79 Å². The second kappa shape index (κ2) is 4.35. The number of carbonyl (C=O) groups is 1. The molecule has 100 valence electrons. The molecule has 0 fully saturated rings. The largest absolute Gasteiger partial charge is 0.353 e. The normalized spacial score (nSPS) is 19.8. The van der Waals surface area contributed by atoms with Crippen LogP contribution < -0.4 is 10.2 Å². The average Bonchev–Trinajstić information content (AvgIpc) is 2.45. The Morgan fingerprint density at radius 1 is 1.15 bits per heavy atom. The van der Waals surface area contributed by atoms with Crippen molar-refractivity contribution in [3.05, 3.63) is 58.1 Å². The topological polar surface area (TPSA) is 32.3 Å². The number of benzene rings is 2. The van der Waals surface area contributed by atoms with Crippen molar-refractivity contribution in [1.82, 2.24) is 0 Å². The van der Waals surface area contributed by atoms with Crippen molar-refractivity contribution in [3.63, 3.8) is 0 Å². The molecular formula is C16H13BrN2O. The van der Waals surface area contributed by atoms with Crippen molar-refractivity contribution >= 4 is 33.2 Å². The van der Waals surface area contributed by atoms with E-state index in [1.54, 1.807) is 0 Å². The maximum atomic E-state index is 12.3. The van der Waals surface area contributed by atoms with Crippen molar-refractivity contribution in [2.24, 2.45) is 0 Å². The van der Waals surface area contributed by atoms with Crippen LogP contribution in [0.3, 0.4) is 0 Å². The molecular weight excluding hydrogens is 316 g/mol. The molecule has 2 aromatic rings. The van der Waals surface area contributed by atoms with Gasteiger partial charge >= 0.3 is 0 Å². The Morgan fingerprint density at radius 3 is 2.80 bits per heavy atom. The van der Waals surface area contributed by atoms with Gasteiger partial charge in [-0.05, 0) is 29.3 Å². The highest BCUT2D eigenvalue weighted by Gasteiger charge is 2.36. The first kappa shape index (κ1) is 12.0. The third-order valence-electron chi connectivity index (χ3n) is 4.08. The number of rotatable bonds is 0. The van der Waals surface area contributed by atoms with Crippen LogP contribution in [-0.2, 0) is 17.8 Å². The number of halogens is 1. The van der Waals surface area contributed by atoms with Gasteiger partial charge < -0.3 is 10.2 Å². The van der Waals surface area contributed by atoms with Gasteiger partial charge in [0.2, 0.25) is 5.91 Å². The van der Waals surface area contributed by atoms with Crippen LogP contribution in [0.25, 0.3) is 0 Å². The lowest BCUT2D eigenvalue weighted by molar-refractivity contribution is -0.117. The fraction of sp³-hybridized carbons (Fsp3) is 0.188. The summed E-state index contributed by atoms with van der Waals surface area (Å²) in [5.41, 5.74) is 4.59. The van der Waals surface area contributed by atoms with E-state index < -0.39 is 0 Å². The van der Waals surface area contributed by atoms with Crippen LogP contribution in [0.5, 0.6) is 0 Å². The van der Waals surface area contributed by atoms with Crippen molar-refractivity contribution in [2.45, 2.75) is 19.0 Å². The third kappa shape index (κ3) is 1.75. The number of fused-ring (bicyclic) bond motifs is 4. The van der Waals surface area contributed by atoms with E-state index in [-0.39, 0.29) is 11.9 Å². The second-order valence-electron chi connectivity index (χ2n) is 5.27. The Balaban J connectivity index is 1.83. The summed E-state index contributed by atoms with van der Waals surface area (Å²) < 4.78 is 0.979. The van der Waals surface area contributed by atoms with Gasteiger partial charge in [-0.2, -0.15) is 0 Å². The highest BCUT2D eigenvalue weighted by atomic mass is 79.9. The molecule has 0 saturated carbocycles. The lowest BCUT2D eigenvalue weighted by atomic mass is 9.91. The van der Waals surface area contributed by atoms with E-state index in [2.05, 4.69) is 50.4 Å². The molecule has 1 amide bonds. The van der Waals surface area contributed by atoms with Crippen LogP contribution in [0.15, 0.2) is 46.9 Å². The fourth-order valence-electron chi connectivity index (χ4n) is 3.09. The van der Waals surface area contributed by atoms with Gasteiger partial charge in [0.15, 0.2) is 0 Å². The molecule has 4 heteroatoms. The van der Waals surface area contributed by atoms with Crippen LogP contribution in [0.4, 0.5) is 11.4 Å². The van der Waals surface area contributed by atoms with E-state index in [0.717, 1.165) is 28.8 Å². The number of nitrogens with one attached hydrogen (secondary N) is 1. The molecule has 4 rings (SSSR count). The Hall–Kier alpha value is -1.81. The number of anilines is 2. The maximum Gasteiger partial charge on any atom is 0.247 e. The number of nitrogens with zero attached hydrogens (tertiary/aromatic N) is 1. The molecule has 3 nitrogen and oxygen atoms in total. The fourth-order valence-corrected chi connectivity index (χ4v) is 3.45. The van der Waals surface area contributed by atoms with Crippen molar-refractivity contribution in [1.29, 1.82) is 0 Å². The smallest absolute Gasteiger partial charge is 0.247 e. The Labute approximate surface area is 125 Å². The van der Waals surface area contributed by atoms with Gasteiger partial charge in [0.05, 0.1) is 11.4 Å². The molecule has 0 aromatic heterocycles. The van der Waals surface area contributed by atoms with Crippen LogP contribution in [0.2, 0.25) is 0 Å². The zero-order valence-corrected chi connectivity index (χ0v) is 12.4. The molecule has 20 heavy (non-hydrogen) atoms. The SMILES string of the molecule is O=C1Nc2cc(Br)ccc2N2Cc3ccccc3CC12. The number of carbonyl (C=O) groups excluding carboxylic acids is 1. The molecule has 0 spiro atoms. The molecule has 2 heterocycles. The van der Waals surface area contributed by atoms with Gasteiger partial charge in [0.1, 0.15) is 6.04 Å². The first-order chi connectivity index (χ1) is 9.72. The summed E-state index contributed by atoms with van der Waals surface area (Å²) in [4.78, 5) is 14.6. The van der Waals surface area contributed by atoms with Gasteiger partial charge in [-0.25, -0.2) is 0 Å². The summed E-state index contributed by atoms with van der Waals surface area (Å²) >= 11 is 3.45. The molecule has 0 saturated heterocycles. The van der Waals surface area contributed by atoms with Crippen LogP contribution in [0.1, 0.15) is 11.1 Å². The number of amides is 1. The number of hydrogen-bond acceptors (Lipinski definition) is 2. The summed E-state index contributed by atoms with van der Waals surface area (Å²) in [7, 11) is 0. The minimum Gasteiger partial charge on any atom is -0.353 e. The molecule has 2 aromatic carbocycles. The number of hydrogen-bond donors (Lipinski definition) is 1. The van der Waals surface area contributed by atoms with Crippen molar-refractivity contribution in [2.75, 3.05) is 10.2 Å². The average molecular weight is 329 g/mol. The van der Waals surface area contributed by atoms with Gasteiger partial charge in [0, 0.05) is 17.4 Å². The highest BCUT2D eigenvalue weighted by molar-refractivity contribution is 9.10. The summed E-state index contributed by atoms with van der Waals surface area (Å²) in [6.45, 7) is 0.795. The standard InChI is InChI=1S/C16H13BrN2O/c17-12-5-6-14-13(8-12)18-16(20)15-7-10-3-1-2-4-11(10)9-19(14)15/h1-6,8,15H,7,9H2,(H,18,20). The molecule has 0 aliphatic carbocycles. The second-order valence-corrected chi connectivity index (χ2v) is 6.18. The molecule has 1 unspecified atom stereocenters.